The van der Waals surface area contributed by atoms with E-state index in [9.17, 15) is 4.39 Å². The van der Waals surface area contributed by atoms with Gasteiger partial charge in [-0.1, -0.05) is 36.0 Å². The predicted molar refractivity (Wildman–Crippen MR) is 119 cm³/mol. The van der Waals surface area contributed by atoms with Crippen LogP contribution in [0.2, 0.25) is 0 Å². The molecule has 160 valence electrons. The Morgan fingerprint density at radius 2 is 1.69 bits per heavy atom. The van der Waals surface area contributed by atoms with Crippen LogP contribution in [0.3, 0.4) is 0 Å². The SMILES string of the molecule is COc1ccc(OCc2nnc(SCc3ccc(C#N)cc3)n2-c2ccccc2F)cc1. The topological polar surface area (TPSA) is 73.0 Å². The van der Waals surface area contributed by atoms with Gasteiger partial charge in [-0.15, -0.1) is 10.2 Å². The highest BCUT2D eigenvalue weighted by molar-refractivity contribution is 7.98. The van der Waals surface area contributed by atoms with Gasteiger partial charge in [0.2, 0.25) is 0 Å². The molecule has 0 saturated carbocycles. The Hall–Kier alpha value is -3.83. The van der Waals surface area contributed by atoms with Crippen LogP contribution in [0, 0.1) is 17.1 Å². The van der Waals surface area contributed by atoms with Crippen LogP contribution in [-0.4, -0.2) is 21.9 Å². The summed E-state index contributed by atoms with van der Waals surface area (Å²) in [6.07, 6.45) is 0. The summed E-state index contributed by atoms with van der Waals surface area (Å²) in [5.74, 6) is 2.07. The highest BCUT2D eigenvalue weighted by Crippen LogP contribution is 2.27. The van der Waals surface area contributed by atoms with Gasteiger partial charge >= 0.3 is 0 Å². The van der Waals surface area contributed by atoms with Crippen LogP contribution in [0.15, 0.2) is 78.0 Å². The smallest absolute Gasteiger partial charge is 0.196 e. The number of nitrogens with zero attached hydrogens (tertiary/aromatic N) is 4. The number of rotatable bonds is 8. The highest BCUT2D eigenvalue weighted by atomic mass is 32.2. The molecule has 32 heavy (non-hydrogen) atoms. The number of halogens is 1. The normalized spacial score (nSPS) is 10.5. The third kappa shape index (κ3) is 4.90. The number of methoxy groups -OCH3 is 1. The Kier molecular flexibility index (Phi) is 6.68. The van der Waals surface area contributed by atoms with Crippen molar-refractivity contribution < 1.29 is 13.9 Å². The maximum atomic E-state index is 14.6. The molecule has 0 N–H and O–H groups in total. The monoisotopic (exact) mass is 446 g/mol. The molecule has 0 aliphatic carbocycles. The number of thioether (sulfide) groups is 1. The second-order valence-electron chi connectivity index (χ2n) is 6.75. The van der Waals surface area contributed by atoms with Gasteiger partial charge in [-0.25, -0.2) is 4.39 Å². The average Bonchev–Trinajstić information content (AvgIpc) is 3.25. The van der Waals surface area contributed by atoms with Gasteiger partial charge in [-0.2, -0.15) is 5.26 Å². The van der Waals surface area contributed by atoms with Crippen molar-refractivity contribution in [3.05, 3.63) is 95.6 Å². The van der Waals surface area contributed by atoms with E-state index in [1.165, 1.54) is 17.8 Å². The summed E-state index contributed by atoms with van der Waals surface area (Å²) in [7, 11) is 1.60. The van der Waals surface area contributed by atoms with Gasteiger partial charge in [0, 0.05) is 5.75 Å². The quantitative estimate of drug-likeness (QED) is 0.348. The molecule has 0 bridgehead atoms. The fourth-order valence-electron chi connectivity index (χ4n) is 3.01. The molecule has 0 atom stereocenters. The van der Waals surface area contributed by atoms with Crippen molar-refractivity contribution in [2.75, 3.05) is 7.11 Å². The Morgan fingerprint density at radius 3 is 2.38 bits per heavy atom. The molecule has 0 radical (unpaired) electrons. The van der Waals surface area contributed by atoms with Crippen molar-refractivity contribution in [2.45, 2.75) is 17.5 Å². The van der Waals surface area contributed by atoms with Crippen molar-refractivity contribution in [3.8, 4) is 23.3 Å². The molecule has 0 aliphatic rings. The summed E-state index contributed by atoms with van der Waals surface area (Å²) in [5.41, 5.74) is 1.98. The van der Waals surface area contributed by atoms with Crippen molar-refractivity contribution >= 4 is 11.8 Å². The zero-order valence-corrected chi connectivity index (χ0v) is 18.1. The van der Waals surface area contributed by atoms with Crippen LogP contribution in [0.5, 0.6) is 11.5 Å². The molecule has 0 amide bonds. The van der Waals surface area contributed by atoms with Crippen molar-refractivity contribution in [2.24, 2.45) is 0 Å². The zero-order chi connectivity index (χ0) is 22.3. The minimum atomic E-state index is -0.377. The first-order valence-electron chi connectivity index (χ1n) is 9.76. The molecule has 0 spiro atoms. The number of benzene rings is 3. The van der Waals surface area contributed by atoms with Crippen LogP contribution in [0.1, 0.15) is 17.0 Å². The maximum Gasteiger partial charge on any atom is 0.196 e. The second-order valence-corrected chi connectivity index (χ2v) is 7.69. The molecule has 0 unspecified atom stereocenters. The number of ether oxygens (including phenoxy) is 2. The van der Waals surface area contributed by atoms with E-state index >= 15 is 0 Å². The molecule has 0 fully saturated rings. The van der Waals surface area contributed by atoms with E-state index in [2.05, 4.69) is 16.3 Å². The Balaban J connectivity index is 1.57. The summed E-state index contributed by atoms with van der Waals surface area (Å²) >= 11 is 1.43. The standard InChI is InChI=1S/C24H19FN4O2S/c1-30-19-10-12-20(13-11-19)31-15-23-27-28-24(29(23)22-5-3-2-4-21(22)25)32-16-18-8-6-17(14-26)7-9-18/h2-13H,15-16H2,1H3. The number of aromatic nitrogens is 3. The molecule has 3 aromatic carbocycles. The van der Waals surface area contributed by atoms with Crippen molar-refractivity contribution in [1.29, 1.82) is 5.26 Å². The molecular formula is C24H19FN4O2S. The molecule has 6 nitrogen and oxygen atoms in total. The Bertz CT molecular complexity index is 1230. The molecule has 1 heterocycles. The van der Waals surface area contributed by atoms with E-state index in [4.69, 9.17) is 14.7 Å². The van der Waals surface area contributed by atoms with E-state index in [0.717, 1.165) is 11.3 Å². The third-order valence-electron chi connectivity index (χ3n) is 4.67. The largest absolute Gasteiger partial charge is 0.497 e. The second kappa shape index (κ2) is 9.98. The summed E-state index contributed by atoms with van der Waals surface area (Å²) in [5, 5.41) is 18.0. The van der Waals surface area contributed by atoms with E-state index in [1.54, 1.807) is 66.3 Å². The summed E-state index contributed by atoms with van der Waals surface area (Å²) in [6, 6.07) is 23.1. The lowest BCUT2D eigenvalue weighted by Gasteiger charge is -2.12. The highest BCUT2D eigenvalue weighted by Gasteiger charge is 2.18. The molecule has 8 heteroatoms. The first kappa shape index (κ1) is 21.4. The summed E-state index contributed by atoms with van der Waals surface area (Å²) in [4.78, 5) is 0. The molecule has 1 aromatic heterocycles. The van der Waals surface area contributed by atoms with Crippen molar-refractivity contribution in [1.82, 2.24) is 14.8 Å². The van der Waals surface area contributed by atoms with Crippen LogP contribution < -0.4 is 9.47 Å². The van der Waals surface area contributed by atoms with E-state index in [1.807, 2.05) is 12.1 Å². The lowest BCUT2D eigenvalue weighted by Crippen LogP contribution is -2.08. The number of para-hydroxylation sites is 1. The fraction of sp³-hybridized carbons (Fsp3) is 0.125. The van der Waals surface area contributed by atoms with Gasteiger partial charge in [0.1, 0.15) is 23.9 Å². The van der Waals surface area contributed by atoms with Crippen LogP contribution in [-0.2, 0) is 12.4 Å². The van der Waals surface area contributed by atoms with Crippen LogP contribution in [0.4, 0.5) is 4.39 Å². The molecule has 4 aromatic rings. The average molecular weight is 447 g/mol. The maximum absolute atomic E-state index is 14.6. The van der Waals surface area contributed by atoms with Crippen LogP contribution >= 0.6 is 11.8 Å². The first-order chi connectivity index (χ1) is 15.7. The van der Waals surface area contributed by atoms with Gasteiger partial charge in [0.15, 0.2) is 11.0 Å². The van der Waals surface area contributed by atoms with Gasteiger partial charge < -0.3 is 9.47 Å². The predicted octanol–water partition coefficient (Wildman–Crippen LogP) is 5.16. The molecule has 0 saturated heterocycles. The minimum absolute atomic E-state index is 0.116. The fourth-order valence-corrected chi connectivity index (χ4v) is 3.93. The van der Waals surface area contributed by atoms with Gasteiger partial charge in [0.25, 0.3) is 0 Å². The summed E-state index contributed by atoms with van der Waals surface area (Å²) < 4.78 is 27.3. The molecule has 0 aliphatic heterocycles. The molecular weight excluding hydrogens is 427 g/mol. The van der Waals surface area contributed by atoms with E-state index in [0.29, 0.717) is 33.7 Å². The summed E-state index contributed by atoms with van der Waals surface area (Å²) in [6.45, 7) is 0.116. The Morgan fingerprint density at radius 1 is 0.969 bits per heavy atom. The lowest BCUT2D eigenvalue weighted by atomic mass is 10.2. The Labute approximate surface area is 189 Å². The minimum Gasteiger partial charge on any atom is -0.497 e. The van der Waals surface area contributed by atoms with Gasteiger partial charge in [0.05, 0.1) is 24.4 Å². The number of hydrogen-bond acceptors (Lipinski definition) is 6. The van der Waals surface area contributed by atoms with Gasteiger partial charge in [-0.05, 0) is 54.1 Å². The number of nitriles is 1. The van der Waals surface area contributed by atoms with Gasteiger partial charge in [-0.3, -0.25) is 4.57 Å². The third-order valence-corrected chi connectivity index (χ3v) is 5.67. The number of hydrogen-bond donors (Lipinski definition) is 0. The zero-order valence-electron chi connectivity index (χ0n) is 17.2. The first-order valence-corrected chi connectivity index (χ1v) is 10.7. The lowest BCUT2D eigenvalue weighted by molar-refractivity contribution is 0.292. The molecule has 4 rings (SSSR count). The van der Waals surface area contributed by atoms with Crippen LogP contribution in [0.25, 0.3) is 5.69 Å². The van der Waals surface area contributed by atoms with Crippen molar-refractivity contribution in [3.63, 3.8) is 0 Å². The van der Waals surface area contributed by atoms with E-state index < -0.39 is 0 Å². The van der Waals surface area contributed by atoms with E-state index in [-0.39, 0.29) is 12.4 Å².